The molecule has 0 aromatic heterocycles. The number of carbonyl (C=O) groups excluding carboxylic acids is 2. The van der Waals surface area contributed by atoms with Crippen LogP contribution in [0.5, 0.6) is 0 Å². The first kappa shape index (κ1) is 19.6. The monoisotopic (exact) mass is 396 g/mol. The van der Waals surface area contributed by atoms with E-state index in [1.54, 1.807) is 6.07 Å². The Hall–Kier alpha value is -3.66. The molecule has 0 aliphatic carbocycles. The van der Waals surface area contributed by atoms with Crippen molar-refractivity contribution in [3.63, 3.8) is 0 Å². The molecular formula is C26H24N2O2. The second-order valence-electron chi connectivity index (χ2n) is 7.45. The fraction of sp³-hybridized carbons (Fsp3) is 0.154. The molecule has 4 rings (SSSR count). The van der Waals surface area contributed by atoms with Crippen LogP contribution in [0, 0.1) is 13.8 Å². The molecular weight excluding hydrogens is 372 g/mol. The van der Waals surface area contributed by atoms with Gasteiger partial charge in [0.1, 0.15) is 0 Å². The highest BCUT2D eigenvalue weighted by Gasteiger charge is 2.36. The summed E-state index contributed by atoms with van der Waals surface area (Å²) in [6, 6.07) is 23.0. The first-order valence-electron chi connectivity index (χ1n) is 10.1. The summed E-state index contributed by atoms with van der Waals surface area (Å²) in [4.78, 5) is 30.3. The van der Waals surface area contributed by atoms with E-state index < -0.39 is 0 Å². The van der Waals surface area contributed by atoms with Gasteiger partial charge >= 0.3 is 0 Å². The summed E-state index contributed by atoms with van der Waals surface area (Å²) in [6.07, 6.45) is 1.86. The van der Waals surface area contributed by atoms with E-state index in [2.05, 4.69) is 0 Å². The highest BCUT2D eigenvalue weighted by Crippen LogP contribution is 2.34. The zero-order chi connectivity index (χ0) is 21.3. The number of anilines is 2. The Morgan fingerprint density at radius 1 is 0.833 bits per heavy atom. The molecule has 0 spiro atoms. The molecule has 4 heteroatoms. The Kier molecular flexibility index (Phi) is 5.23. The molecule has 0 unspecified atom stereocenters. The first-order chi connectivity index (χ1) is 14.5. The number of hydrogen-bond acceptors (Lipinski definition) is 3. The maximum atomic E-state index is 13.6. The number of amides is 2. The number of aryl methyl sites for hydroxylation is 2. The fourth-order valence-electron chi connectivity index (χ4n) is 3.88. The lowest BCUT2D eigenvalue weighted by Crippen LogP contribution is -2.42. The second-order valence-corrected chi connectivity index (χ2v) is 7.45. The van der Waals surface area contributed by atoms with Gasteiger partial charge in [-0.15, -0.1) is 0 Å². The minimum Gasteiger partial charge on any atom is -0.347 e. The molecule has 30 heavy (non-hydrogen) atoms. The molecule has 4 nitrogen and oxygen atoms in total. The van der Waals surface area contributed by atoms with Crippen LogP contribution < -0.4 is 9.80 Å². The van der Waals surface area contributed by atoms with Gasteiger partial charge in [-0.2, -0.15) is 0 Å². The summed E-state index contributed by atoms with van der Waals surface area (Å²) < 4.78 is 0. The van der Waals surface area contributed by atoms with E-state index in [9.17, 15) is 9.59 Å². The van der Waals surface area contributed by atoms with Crippen LogP contribution in [0.15, 0.2) is 79.0 Å². The SMILES string of the molecule is CCN(/C=C1/C(=O)N(c2ccc(C)cc2C)C(=O)c2ccccc21)c1ccccc1. The van der Waals surface area contributed by atoms with Crippen molar-refractivity contribution in [3.05, 3.63) is 101 Å². The Labute approximate surface area is 177 Å². The van der Waals surface area contributed by atoms with Crippen molar-refractivity contribution in [3.8, 4) is 0 Å². The largest absolute Gasteiger partial charge is 0.347 e. The standard InChI is InChI=1S/C26H24N2O2/c1-4-27(20-10-6-5-7-11-20)17-23-21-12-8-9-13-22(21)25(29)28(26(23)30)24-15-14-18(2)16-19(24)3/h5-17H,4H2,1-3H3/b23-17+. The first-order valence-corrected chi connectivity index (χ1v) is 10.1. The van der Waals surface area contributed by atoms with Crippen LogP contribution in [0.3, 0.4) is 0 Å². The van der Waals surface area contributed by atoms with Crippen molar-refractivity contribution in [2.75, 3.05) is 16.3 Å². The van der Waals surface area contributed by atoms with E-state index in [4.69, 9.17) is 0 Å². The van der Waals surface area contributed by atoms with E-state index in [0.717, 1.165) is 16.8 Å². The number of para-hydroxylation sites is 1. The van der Waals surface area contributed by atoms with Crippen molar-refractivity contribution in [1.82, 2.24) is 0 Å². The zero-order valence-electron chi connectivity index (χ0n) is 17.4. The molecule has 0 saturated carbocycles. The second kappa shape index (κ2) is 7.99. The summed E-state index contributed by atoms with van der Waals surface area (Å²) in [5.74, 6) is -0.595. The van der Waals surface area contributed by atoms with Gasteiger partial charge in [-0.25, -0.2) is 4.90 Å². The normalized spacial score (nSPS) is 14.8. The van der Waals surface area contributed by atoms with Crippen LogP contribution in [0.4, 0.5) is 11.4 Å². The van der Waals surface area contributed by atoms with Gasteiger partial charge in [0.05, 0.1) is 11.3 Å². The fourth-order valence-corrected chi connectivity index (χ4v) is 3.88. The molecule has 150 valence electrons. The minimum absolute atomic E-state index is 0.289. The molecule has 0 fully saturated rings. The van der Waals surface area contributed by atoms with Gasteiger partial charge in [0, 0.05) is 29.6 Å². The molecule has 3 aromatic rings. The van der Waals surface area contributed by atoms with Gasteiger partial charge < -0.3 is 4.90 Å². The Bertz CT molecular complexity index is 1150. The van der Waals surface area contributed by atoms with Crippen LogP contribution in [0.25, 0.3) is 5.57 Å². The topological polar surface area (TPSA) is 40.6 Å². The summed E-state index contributed by atoms with van der Waals surface area (Å²) >= 11 is 0. The molecule has 1 heterocycles. The van der Waals surface area contributed by atoms with E-state index in [0.29, 0.717) is 28.9 Å². The summed E-state index contributed by atoms with van der Waals surface area (Å²) in [5.41, 5.74) is 5.31. The Morgan fingerprint density at radius 3 is 2.17 bits per heavy atom. The number of nitrogens with zero attached hydrogens (tertiary/aromatic N) is 2. The molecule has 1 aliphatic heterocycles. The molecule has 0 saturated heterocycles. The molecule has 0 N–H and O–H groups in total. The zero-order valence-corrected chi connectivity index (χ0v) is 17.4. The van der Waals surface area contributed by atoms with Crippen molar-refractivity contribution in [2.45, 2.75) is 20.8 Å². The average molecular weight is 396 g/mol. The van der Waals surface area contributed by atoms with E-state index in [1.165, 1.54) is 4.90 Å². The third kappa shape index (κ3) is 3.41. The molecule has 3 aromatic carbocycles. The quantitative estimate of drug-likeness (QED) is 0.440. The third-order valence-electron chi connectivity index (χ3n) is 5.39. The van der Waals surface area contributed by atoms with Gasteiger partial charge in [-0.3, -0.25) is 9.59 Å². The van der Waals surface area contributed by atoms with Crippen molar-refractivity contribution in [2.24, 2.45) is 0 Å². The van der Waals surface area contributed by atoms with Crippen LogP contribution >= 0.6 is 0 Å². The number of carbonyl (C=O) groups is 2. The van der Waals surface area contributed by atoms with Crippen LogP contribution in [0.1, 0.15) is 34.0 Å². The lowest BCUT2D eigenvalue weighted by molar-refractivity contribution is -0.112. The van der Waals surface area contributed by atoms with Gasteiger partial charge in [0.25, 0.3) is 11.8 Å². The molecule has 1 aliphatic rings. The summed E-state index contributed by atoms with van der Waals surface area (Å²) in [7, 11) is 0. The molecule has 0 bridgehead atoms. The predicted octanol–water partition coefficient (Wildman–Crippen LogP) is 5.36. The number of rotatable bonds is 4. The average Bonchev–Trinajstić information content (AvgIpc) is 2.76. The highest BCUT2D eigenvalue weighted by atomic mass is 16.2. The van der Waals surface area contributed by atoms with Gasteiger partial charge in [0.2, 0.25) is 0 Å². The van der Waals surface area contributed by atoms with Gasteiger partial charge in [0.15, 0.2) is 0 Å². The Morgan fingerprint density at radius 2 is 1.50 bits per heavy atom. The minimum atomic E-state index is -0.306. The number of benzene rings is 3. The summed E-state index contributed by atoms with van der Waals surface area (Å²) in [6.45, 7) is 6.65. The van der Waals surface area contributed by atoms with E-state index in [-0.39, 0.29) is 11.8 Å². The predicted molar refractivity (Wildman–Crippen MR) is 122 cm³/mol. The third-order valence-corrected chi connectivity index (χ3v) is 5.39. The van der Waals surface area contributed by atoms with Crippen molar-refractivity contribution < 1.29 is 9.59 Å². The van der Waals surface area contributed by atoms with Crippen LogP contribution in [-0.4, -0.2) is 18.4 Å². The lowest BCUT2D eigenvalue weighted by Gasteiger charge is -2.31. The van der Waals surface area contributed by atoms with E-state index in [1.807, 2.05) is 98.6 Å². The maximum absolute atomic E-state index is 13.6. The van der Waals surface area contributed by atoms with Gasteiger partial charge in [-0.1, -0.05) is 54.1 Å². The van der Waals surface area contributed by atoms with Crippen LogP contribution in [0.2, 0.25) is 0 Å². The van der Waals surface area contributed by atoms with Crippen molar-refractivity contribution in [1.29, 1.82) is 0 Å². The van der Waals surface area contributed by atoms with E-state index >= 15 is 0 Å². The van der Waals surface area contributed by atoms with Crippen molar-refractivity contribution >= 4 is 28.8 Å². The Balaban J connectivity index is 1.88. The summed E-state index contributed by atoms with van der Waals surface area (Å²) in [5, 5.41) is 0. The van der Waals surface area contributed by atoms with Gasteiger partial charge in [-0.05, 0) is 50.6 Å². The number of imide groups is 1. The molecule has 0 atom stereocenters. The number of hydrogen-bond donors (Lipinski definition) is 0. The van der Waals surface area contributed by atoms with Crippen LogP contribution in [-0.2, 0) is 4.79 Å². The maximum Gasteiger partial charge on any atom is 0.267 e. The molecule has 2 amide bonds. The lowest BCUT2D eigenvalue weighted by atomic mass is 9.93. The highest BCUT2D eigenvalue weighted by molar-refractivity contribution is 6.41. The smallest absolute Gasteiger partial charge is 0.267 e. The molecule has 0 radical (unpaired) electrons. The number of fused-ring (bicyclic) bond motifs is 1.